The predicted octanol–water partition coefficient (Wildman–Crippen LogP) is 4.20. The van der Waals surface area contributed by atoms with Gasteiger partial charge in [-0.25, -0.2) is 4.98 Å². The summed E-state index contributed by atoms with van der Waals surface area (Å²) in [6, 6.07) is 20.9. The summed E-state index contributed by atoms with van der Waals surface area (Å²) >= 11 is 0. The highest BCUT2D eigenvalue weighted by molar-refractivity contribution is 6.08. The molecule has 3 rings (SSSR count). The first-order valence-electron chi connectivity index (χ1n) is 7.47. The van der Waals surface area contributed by atoms with Gasteiger partial charge in [0.05, 0.1) is 0 Å². The van der Waals surface area contributed by atoms with E-state index >= 15 is 0 Å². The van der Waals surface area contributed by atoms with Crippen molar-refractivity contribution in [2.45, 2.75) is 13.5 Å². The molecule has 0 bridgehead atoms. The molecule has 0 aliphatic rings. The van der Waals surface area contributed by atoms with Crippen LogP contribution in [0.15, 0.2) is 72.9 Å². The van der Waals surface area contributed by atoms with Gasteiger partial charge < -0.3 is 4.74 Å². The van der Waals surface area contributed by atoms with Gasteiger partial charge in [-0.1, -0.05) is 60.7 Å². The Morgan fingerprint density at radius 2 is 1.61 bits per heavy atom. The highest BCUT2D eigenvalue weighted by Crippen LogP contribution is 2.19. The molecule has 2 aromatic carbocycles. The van der Waals surface area contributed by atoms with E-state index in [-0.39, 0.29) is 5.78 Å². The van der Waals surface area contributed by atoms with Crippen LogP contribution in [-0.2, 0) is 6.61 Å². The molecule has 3 heteroatoms. The van der Waals surface area contributed by atoms with E-state index in [0.29, 0.717) is 23.6 Å². The lowest BCUT2D eigenvalue weighted by Gasteiger charge is -2.09. The minimum Gasteiger partial charge on any atom is -0.473 e. The number of carbonyl (C=O) groups excluding carboxylic acids is 1. The van der Waals surface area contributed by atoms with Gasteiger partial charge in [0.15, 0.2) is 5.78 Å². The molecule has 1 heterocycles. The number of aryl methyl sites for hydroxylation is 1. The molecule has 114 valence electrons. The lowest BCUT2D eigenvalue weighted by atomic mass is 10.0. The van der Waals surface area contributed by atoms with Crippen LogP contribution in [0.5, 0.6) is 5.88 Å². The van der Waals surface area contributed by atoms with Crippen molar-refractivity contribution in [3.63, 3.8) is 0 Å². The molecule has 0 fully saturated rings. The van der Waals surface area contributed by atoms with Gasteiger partial charge in [0.2, 0.25) is 5.88 Å². The van der Waals surface area contributed by atoms with Crippen molar-refractivity contribution in [3.8, 4) is 5.88 Å². The van der Waals surface area contributed by atoms with Gasteiger partial charge in [-0.05, 0) is 18.6 Å². The number of pyridine rings is 1. The average molecular weight is 303 g/mol. The highest BCUT2D eigenvalue weighted by Gasteiger charge is 2.11. The van der Waals surface area contributed by atoms with Crippen molar-refractivity contribution in [1.82, 2.24) is 4.98 Å². The molecule has 0 amide bonds. The Kier molecular flexibility index (Phi) is 4.48. The van der Waals surface area contributed by atoms with Crippen molar-refractivity contribution in [3.05, 3.63) is 95.2 Å². The van der Waals surface area contributed by atoms with Gasteiger partial charge in [-0.3, -0.25) is 4.79 Å². The van der Waals surface area contributed by atoms with Crippen LogP contribution in [0, 0.1) is 6.92 Å². The molecular weight excluding hydrogens is 286 g/mol. The lowest BCUT2D eigenvalue weighted by Crippen LogP contribution is -2.04. The maximum atomic E-state index is 12.4. The van der Waals surface area contributed by atoms with Gasteiger partial charge >= 0.3 is 0 Å². The summed E-state index contributed by atoms with van der Waals surface area (Å²) in [6.45, 7) is 2.36. The van der Waals surface area contributed by atoms with Crippen molar-refractivity contribution in [1.29, 1.82) is 0 Å². The smallest absolute Gasteiger partial charge is 0.216 e. The van der Waals surface area contributed by atoms with Gasteiger partial charge in [-0.2, -0.15) is 0 Å². The van der Waals surface area contributed by atoms with Crippen molar-refractivity contribution < 1.29 is 9.53 Å². The van der Waals surface area contributed by atoms with Gasteiger partial charge in [0.25, 0.3) is 0 Å². The SMILES string of the molecule is Cc1cc(C(=O)c2ccccc2)cnc1OCc1ccccc1. The Morgan fingerprint density at radius 1 is 0.957 bits per heavy atom. The topological polar surface area (TPSA) is 39.2 Å². The molecule has 0 saturated heterocycles. The molecular formula is C20H17NO2. The third kappa shape index (κ3) is 3.64. The summed E-state index contributed by atoms with van der Waals surface area (Å²) in [7, 11) is 0. The summed E-state index contributed by atoms with van der Waals surface area (Å²) in [5, 5.41) is 0. The Hall–Kier alpha value is -2.94. The van der Waals surface area contributed by atoms with Crippen LogP contribution in [0.1, 0.15) is 27.0 Å². The molecule has 0 N–H and O–H groups in total. The molecule has 0 saturated carbocycles. The maximum absolute atomic E-state index is 12.4. The van der Waals surface area contributed by atoms with Gasteiger partial charge in [0, 0.05) is 22.9 Å². The predicted molar refractivity (Wildman–Crippen MR) is 89.6 cm³/mol. The molecule has 1 aromatic heterocycles. The zero-order valence-corrected chi connectivity index (χ0v) is 12.9. The maximum Gasteiger partial charge on any atom is 0.216 e. The fourth-order valence-electron chi connectivity index (χ4n) is 2.32. The van der Waals surface area contributed by atoms with Crippen LogP contribution in [0.3, 0.4) is 0 Å². The van der Waals surface area contributed by atoms with Crippen LogP contribution >= 0.6 is 0 Å². The number of hydrogen-bond acceptors (Lipinski definition) is 3. The van der Waals surface area contributed by atoms with E-state index in [0.717, 1.165) is 11.1 Å². The Morgan fingerprint density at radius 3 is 2.26 bits per heavy atom. The van der Waals surface area contributed by atoms with Crippen molar-refractivity contribution >= 4 is 5.78 Å². The van der Waals surface area contributed by atoms with Crippen molar-refractivity contribution in [2.24, 2.45) is 0 Å². The zero-order chi connectivity index (χ0) is 16.1. The summed E-state index contributed by atoms with van der Waals surface area (Å²) in [6.07, 6.45) is 1.57. The van der Waals surface area contributed by atoms with E-state index in [1.165, 1.54) is 0 Å². The average Bonchev–Trinajstić information content (AvgIpc) is 2.61. The second-order valence-electron chi connectivity index (χ2n) is 5.32. The summed E-state index contributed by atoms with van der Waals surface area (Å²) in [4.78, 5) is 16.7. The normalized spacial score (nSPS) is 10.3. The van der Waals surface area contributed by atoms with Gasteiger partial charge in [0.1, 0.15) is 6.61 Å². The second kappa shape index (κ2) is 6.88. The molecule has 0 unspecified atom stereocenters. The Bertz CT molecular complexity index is 798. The van der Waals surface area contributed by atoms with Crippen LogP contribution in [0.2, 0.25) is 0 Å². The molecule has 3 aromatic rings. The first-order valence-corrected chi connectivity index (χ1v) is 7.47. The largest absolute Gasteiger partial charge is 0.473 e. The van der Waals surface area contributed by atoms with E-state index < -0.39 is 0 Å². The number of rotatable bonds is 5. The number of benzene rings is 2. The number of nitrogens with zero attached hydrogens (tertiary/aromatic N) is 1. The second-order valence-corrected chi connectivity index (χ2v) is 5.32. The van der Waals surface area contributed by atoms with Crippen LogP contribution in [-0.4, -0.2) is 10.8 Å². The summed E-state index contributed by atoms with van der Waals surface area (Å²) in [5.41, 5.74) is 3.16. The zero-order valence-electron chi connectivity index (χ0n) is 12.9. The van der Waals surface area contributed by atoms with E-state index in [1.54, 1.807) is 18.3 Å². The van der Waals surface area contributed by atoms with E-state index in [4.69, 9.17) is 4.74 Å². The number of ketones is 1. The quantitative estimate of drug-likeness (QED) is 0.663. The molecule has 0 aliphatic heterocycles. The van der Waals surface area contributed by atoms with Crippen molar-refractivity contribution in [2.75, 3.05) is 0 Å². The minimum absolute atomic E-state index is 0.0317. The third-order valence-electron chi connectivity index (χ3n) is 3.55. The minimum atomic E-state index is -0.0317. The molecule has 3 nitrogen and oxygen atoms in total. The molecule has 23 heavy (non-hydrogen) atoms. The van der Waals surface area contributed by atoms with E-state index in [2.05, 4.69) is 4.98 Å². The highest BCUT2D eigenvalue weighted by atomic mass is 16.5. The van der Waals surface area contributed by atoms with E-state index in [1.807, 2.05) is 61.5 Å². The number of hydrogen-bond donors (Lipinski definition) is 0. The third-order valence-corrected chi connectivity index (χ3v) is 3.55. The standard InChI is InChI=1S/C20H17NO2/c1-15-12-18(19(22)17-10-6-3-7-11-17)13-21-20(15)23-14-16-8-4-2-5-9-16/h2-13H,14H2,1H3. The lowest BCUT2D eigenvalue weighted by molar-refractivity contribution is 0.103. The van der Waals surface area contributed by atoms with Crippen LogP contribution in [0.4, 0.5) is 0 Å². The fraction of sp³-hybridized carbons (Fsp3) is 0.100. The molecule has 0 radical (unpaired) electrons. The number of aromatic nitrogens is 1. The Labute approximate surface area is 135 Å². The summed E-state index contributed by atoms with van der Waals surface area (Å²) in [5.74, 6) is 0.522. The number of carbonyl (C=O) groups is 1. The molecule has 0 atom stereocenters. The fourth-order valence-corrected chi connectivity index (χ4v) is 2.32. The molecule has 0 spiro atoms. The van der Waals surface area contributed by atoms with Gasteiger partial charge in [-0.15, -0.1) is 0 Å². The summed E-state index contributed by atoms with van der Waals surface area (Å²) < 4.78 is 5.74. The number of ether oxygens (including phenoxy) is 1. The first-order chi connectivity index (χ1) is 11.2. The monoisotopic (exact) mass is 303 g/mol. The Balaban J connectivity index is 1.74. The molecule has 0 aliphatic carbocycles. The first kappa shape index (κ1) is 15.0. The van der Waals surface area contributed by atoms with Crippen LogP contribution in [0.25, 0.3) is 0 Å². The van der Waals surface area contributed by atoms with E-state index in [9.17, 15) is 4.79 Å². The van der Waals surface area contributed by atoms with Crippen LogP contribution < -0.4 is 4.74 Å².